The summed E-state index contributed by atoms with van der Waals surface area (Å²) in [4.78, 5) is 0. The van der Waals surface area contributed by atoms with Crippen molar-refractivity contribution >= 4 is 0 Å². The van der Waals surface area contributed by atoms with Gasteiger partial charge in [-0.2, -0.15) is 0 Å². The Hall–Kier alpha value is -0.820. The van der Waals surface area contributed by atoms with E-state index in [4.69, 9.17) is 5.11 Å². The van der Waals surface area contributed by atoms with E-state index in [2.05, 4.69) is 39.5 Å². The molecule has 0 amide bonds. The zero-order chi connectivity index (χ0) is 11.7. The molecule has 0 aromatic heterocycles. The van der Waals surface area contributed by atoms with Gasteiger partial charge in [-0.3, -0.25) is 0 Å². The summed E-state index contributed by atoms with van der Waals surface area (Å²) in [7, 11) is 0. The van der Waals surface area contributed by atoms with Gasteiger partial charge in [0, 0.05) is 6.61 Å². The van der Waals surface area contributed by atoms with E-state index in [0.29, 0.717) is 0 Å². The van der Waals surface area contributed by atoms with Crippen molar-refractivity contribution in [3.05, 3.63) is 35.5 Å². The van der Waals surface area contributed by atoms with Crippen molar-refractivity contribution in [3.63, 3.8) is 0 Å². The lowest BCUT2D eigenvalue weighted by Gasteiger charge is -2.01. The summed E-state index contributed by atoms with van der Waals surface area (Å²) in [5.41, 5.74) is 3.90. The third-order valence-corrected chi connectivity index (χ3v) is 2.30. The summed E-state index contributed by atoms with van der Waals surface area (Å²) in [6.45, 7) is 10.5. The number of allylic oxidation sites excluding steroid dienone is 4. The van der Waals surface area contributed by atoms with Crippen LogP contribution in [0.2, 0.25) is 0 Å². The van der Waals surface area contributed by atoms with Crippen molar-refractivity contribution in [3.8, 4) is 0 Å². The highest BCUT2D eigenvalue weighted by atomic mass is 16.2. The molecule has 0 radical (unpaired) electrons. The maximum Gasteiger partial charge on any atom is 0.0468 e. The molecule has 0 fully saturated rings. The fourth-order valence-electron chi connectivity index (χ4n) is 1.27. The molecule has 1 N–H and O–H groups in total. The Kier molecular flexibility index (Phi) is 8.02. The minimum Gasteiger partial charge on any atom is -0.396 e. The Morgan fingerprint density at radius 3 is 2.33 bits per heavy atom. The molecule has 15 heavy (non-hydrogen) atoms. The average molecular weight is 208 g/mol. The molecule has 0 aliphatic carbocycles. The summed E-state index contributed by atoms with van der Waals surface area (Å²) in [6.07, 6.45) is 8.35. The number of hydrogen-bond acceptors (Lipinski definition) is 1. The van der Waals surface area contributed by atoms with E-state index in [1.165, 1.54) is 11.1 Å². The van der Waals surface area contributed by atoms with Gasteiger partial charge in [0.25, 0.3) is 0 Å². The van der Waals surface area contributed by atoms with Crippen LogP contribution in [0.4, 0.5) is 0 Å². The Morgan fingerprint density at radius 2 is 1.80 bits per heavy atom. The molecule has 0 aromatic rings. The summed E-state index contributed by atoms with van der Waals surface area (Å²) >= 11 is 0. The van der Waals surface area contributed by atoms with Crippen molar-refractivity contribution < 1.29 is 5.11 Å². The Labute approximate surface area is 94.2 Å². The number of hydrogen-bond donors (Lipinski definition) is 1. The minimum absolute atomic E-state index is 0.212. The Bertz CT molecular complexity index is 242. The van der Waals surface area contributed by atoms with Gasteiger partial charge in [-0.15, -0.1) is 0 Å². The normalized spacial score (nSPS) is 11.3. The molecule has 0 aliphatic rings. The smallest absolute Gasteiger partial charge is 0.0468 e. The molecule has 0 atom stereocenters. The van der Waals surface area contributed by atoms with Crippen LogP contribution in [0.15, 0.2) is 35.5 Å². The molecule has 0 spiro atoms. The van der Waals surface area contributed by atoms with Gasteiger partial charge in [-0.05, 0) is 46.5 Å². The van der Waals surface area contributed by atoms with E-state index >= 15 is 0 Å². The van der Waals surface area contributed by atoms with Gasteiger partial charge >= 0.3 is 0 Å². The van der Waals surface area contributed by atoms with E-state index < -0.39 is 0 Å². The highest BCUT2D eigenvalue weighted by Crippen LogP contribution is 2.11. The van der Waals surface area contributed by atoms with Crippen LogP contribution >= 0.6 is 0 Å². The van der Waals surface area contributed by atoms with Crippen LogP contribution in [0.5, 0.6) is 0 Å². The third kappa shape index (κ3) is 9.48. The van der Waals surface area contributed by atoms with Crippen LogP contribution in [0.1, 0.15) is 46.5 Å². The lowest BCUT2D eigenvalue weighted by Crippen LogP contribution is -1.86. The minimum atomic E-state index is 0.212. The zero-order valence-corrected chi connectivity index (χ0v) is 10.3. The second-order valence-electron chi connectivity index (χ2n) is 4.30. The molecule has 0 saturated heterocycles. The maximum absolute atomic E-state index is 8.72. The molecule has 86 valence electrons. The van der Waals surface area contributed by atoms with Gasteiger partial charge < -0.3 is 5.11 Å². The Balaban J connectivity index is 3.79. The molecular formula is C14H24O. The summed E-state index contributed by atoms with van der Waals surface area (Å²) in [5.74, 6) is 0. The number of aliphatic hydroxyl groups is 1. The first-order chi connectivity index (χ1) is 7.06. The van der Waals surface area contributed by atoms with Crippen LogP contribution in [-0.4, -0.2) is 11.7 Å². The van der Waals surface area contributed by atoms with Gasteiger partial charge in [0.05, 0.1) is 0 Å². The molecule has 0 bridgehead atoms. The number of rotatable bonds is 7. The lowest BCUT2D eigenvalue weighted by atomic mass is 10.1. The second kappa shape index (κ2) is 8.49. The standard InChI is InChI=1S/C14H24O/c1-12(2)6-5-7-13(3)8-9-14(4)10-11-15/h6,8,15H,4-5,7,9-11H2,1-3H3/b13-8+. The SMILES string of the molecule is C=C(C/C=C(\C)CCC=C(C)C)CCO. The van der Waals surface area contributed by atoms with Crippen molar-refractivity contribution in [1.82, 2.24) is 0 Å². The first-order valence-electron chi connectivity index (χ1n) is 5.62. The van der Waals surface area contributed by atoms with E-state index in [0.717, 1.165) is 31.3 Å². The second-order valence-corrected chi connectivity index (χ2v) is 4.30. The number of aliphatic hydroxyl groups excluding tert-OH is 1. The average Bonchev–Trinajstić information content (AvgIpc) is 2.14. The zero-order valence-electron chi connectivity index (χ0n) is 10.3. The molecule has 0 saturated carbocycles. The first kappa shape index (κ1) is 14.2. The monoisotopic (exact) mass is 208 g/mol. The lowest BCUT2D eigenvalue weighted by molar-refractivity contribution is 0.298. The van der Waals surface area contributed by atoms with Gasteiger partial charge in [0.1, 0.15) is 0 Å². The molecule has 0 rings (SSSR count). The molecule has 0 aliphatic heterocycles. The first-order valence-corrected chi connectivity index (χ1v) is 5.62. The summed E-state index contributed by atoms with van der Waals surface area (Å²) < 4.78 is 0. The summed E-state index contributed by atoms with van der Waals surface area (Å²) in [6, 6.07) is 0. The predicted octanol–water partition coefficient (Wildman–Crippen LogP) is 4.01. The van der Waals surface area contributed by atoms with Crippen LogP contribution in [0.3, 0.4) is 0 Å². The van der Waals surface area contributed by atoms with Crippen LogP contribution in [-0.2, 0) is 0 Å². The van der Waals surface area contributed by atoms with Crippen molar-refractivity contribution in [1.29, 1.82) is 0 Å². The Morgan fingerprint density at radius 1 is 1.13 bits per heavy atom. The molecule has 0 aromatic carbocycles. The van der Waals surface area contributed by atoms with E-state index in [1.807, 2.05) is 0 Å². The van der Waals surface area contributed by atoms with Gasteiger partial charge in [0.2, 0.25) is 0 Å². The van der Waals surface area contributed by atoms with Gasteiger partial charge in [-0.1, -0.05) is 35.5 Å². The third-order valence-electron chi connectivity index (χ3n) is 2.30. The van der Waals surface area contributed by atoms with Crippen LogP contribution in [0, 0.1) is 0 Å². The van der Waals surface area contributed by atoms with Crippen LogP contribution in [0.25, 0.3) is 0 Å². The molecule has 0 heterocycles. The van der Waals surface area contributed by atoms with Crippen molar-refractivity contribution in [2.45, 2.75) is 46.5 Å². The van der Waals surface area contributed by atoms with Gasteiger partial charge in [0.15, 0.2) is 0 Å². The van der Waals surface area contributed by atoms with E-state index in [9.17, 15) is 0 Å². The highest BCUT2D eigenvalue weighted by Gasteiger charge is 1.92. The molecule has 1 heteroatoms. The van der Waals surface area contributed by atoms with E-state index in [1.54, 1.807) is 0 Å². The fraction of sp³-hybridized carbons (Fsp3) is 0.571. The van der Waals surface area contributed by atoms with Crippen molar-refractivity contribution in [2.75, 3.05) is 6.61 Å². The molecule has 1 nitrogen and oxygen atoms in total. The fourth-order valence-corrected chi connectivity index (χ4v) is 1.27. The van der Waals surface area contributed by atoms with Crippen LogP contribution < -0.4 is 0 Å². The summed E-state index contributed by atoms with van der Waals surface area (Å²) in [5, 5.41) is 8.72. The van der Waals surface area contributed by atoms with Crippen molar-refractivity contribution in [2.24, 2.45) is 0 Å². The maximum atomic E-state index is 8.72. The predicted molar refractivity (Wildman–Crippen MR) is 67.9 cm³/mol. The van der Waals surface area contributed by atoms with Gasteiger partial charge in [-0.25, -0.2) is 0 Å². The highest BCUT2D eigenvalue weighted by molar-refractivity contribution is 5.08. The topological polar surface area (TPSA) is 20.2 Å². The largest absolute Gasteiger partial charge is 0.396 e. The quantitative estimate of drug-likeness (QED) is 0.627. The van der Waals surface area contributed by atoms with E-state index in [-0.39, 0.29) is 6.61 Å². The molecule has 0 unspecified atom stereocenters. The molecular weight excluding hydrogens is 184 g/mol.